The molecule has 2 N–H and O–H groups in total. The molecule has 2 aliphatic heterocycles. The quantitative estimate of drug-likeness (QED) is 0.860. The Morgan fingerprint density at radius 2 is 2.04 bits per heavy atom. The lowest BCUT2D eigenvalue weighted by molar-refractivity contribution is -0.146. The first kappa shape index (κ1) is 15.6. The number of ether oxygens (including phenoxy) is 2. The molecule has 0 aromatic heterocycles. The molecule has 1 saturated heterocycles. The highest BCUT2D eigenvalue weighted by atomic mass is 32.2. The van der Waals surface area contributed by atoms with Crippen LogP contribution in [0, 0.1) is 5.92 Å². The molecule has 1 saturated carbocycles. The Kier molecular flexibility index (Phi) is 3.83. The standard InChI is InChI=1S/C17H19NO5S/c19-15(18-17(16(20)21)3-6-24-9-17)12-8-11(12)10-1-2-13-14(7-10)23-5-4-22-13/h1-2,7,11-12H,3-6,8-9H2,(H,18,19)(H,20,21). The number of thioether (sulfide) groups is 1. The molecule has 0 radical (unpaired) electrons. The van der Waals surface area contributed by atoms with E-state index in [9.17, 15) is 14.7 Å². The number of rotatable bonds is 4. The molecule has 0 spiro atoms. The van der Waals surface area contributed by atoms with E-state index in [1.807, 2.05) is 18.2 Å². The molecule has 128 valence electrons. The fourth-order valence-electron chi connectivity index (χ4n) is 3.36. The van der Waals surface area contributed by atoms with Crippen LogP contribution in [0.1, 0.15) is 24.3 Å². The van der Waals surface area contributed by atoms with E-state index in [2.05, 4.69) is 5.32 Å². The second-order valence-corrected chi connectivity index (χ2v) is 7.64. The highest BCUT2D eigenvalue weighted by Crippen LogP contribution is 2.49. The number of fused-ring (bicyclic) bond motifs is 1. The summed E-state index contributed by atoms with van der Waals surface area (Å²) in [6.07, 6.45) is 1.23. The molecule has 1 amide bonds. The van der Waals surface area contributed by atoms with E-state index in [0.29, 0.717) is 25.4 Å². The molecule has 2 heterocycles. The molecule has 0 bridgehead atoms. The van der Waals surface area contributed by atoms with Gasteiger partial charge in [-0.2, -0.15) is 11.8 Å². The van der Waals surface area contributed by atoms with E-state index in [4.69, 9.17) is 9.47 Å². The van der Waals surface area contributed by atoms with Crippen molar-refractivity contribution in [3.05, 3.63) is 23.8 Å². The molecule has 7 heteroatoms. The van der Waals surface area contributed by atoms with Gasteiger partial charge in [-0.05, 0) is 42.2 Å². The summed E-state index contributed by atoms with van der Waals surface area (Å²) in [7, 11) is 0. The van der Waals surface area contributed by atoms with Crippen LogP contribution in [0.4, 0.5) is 0 Å². The maximum atomic E-state index is 12.5. The minimum atomic E-state index is -1.10. The topological polar surface area (TPSA) is 84.9 Å². The number of aliphatic carboxylic acids is 1. The zero-order valence-corrected chi connectivity index (χ0v) is 13.9. The van der Waals surface area contributed by atoms with Crippen LogP contribution in [0.25, 0.3) is 0 Å². The third kappa shape index (κ3) is 2.70. The Bertz CT molecular complexity index is 686. The largest absolute Gasteiger partial charge is 0.486 e. The van der Waals surface area contributed by atoms with E-state index < -0.39 is 11.5 Å². The molecule has 1 aromatic rings. The molecular formula is C17H19NO5S. The van der Waals surface area contributed by atoms with Crippen molar-refractivity contribution in [2.75, 3.05) is 24.7 Å². The number of carbonyl (C=O) groups excluding carboxylic acids is 1. The van der Waals surface area contributed by atoms with Gasteiger partial charge in [-0.1, -0.05) is 6.07 Å². The van der Waals surface area contributed by atoms with Gasteiger partial charge >= 0.3 is 5.97 Å². The number of hydrogen-bond acceptors (Lipinski definition) is 5. The van der Waals surface area contributed by atoms with Gasteiger partial charge in [-0.15, -0.1) is 0 Å². The van der Waals surface area contributed by atoms with Crippen LogP contribution in [0.5, 0.6) is 11.5 Å². The van der Waals surface area contributed by atoms with Crippen molar-refractivity contribution in [3.8, 4) is 11.5 Å². The lowest BCUT2D eigenvalue weighted by atomic mass is 9.98. The fraction of sp³-hybridized carbons (Fsp3) is 0.529. The minimum absolute atomic E-state index is 0.126. The summed E-state index contributed by atoms with van der Waals surface area (Å²) in [5, 5.41) is 12.3. The second kappa shape index (κ2) is 5.88. The maximum Gasteiger partial charge on any atom is 0.330 e. The number of amides is 1. The minimum Gasteiger partial charge on any atom is -0.486 e. The first-order valence-corrected chi connectivity index (χ1v) is 9.27. The molecular weight excluding hydrogens is 330 g/mol. The summed E-state index contributed by atoms with van der Waals surface area (Å²) in [4.78, 5) is 24.1. The molecule has 1 aromatic carbocycles. The molecule has 2 fully saturated rings. The third-order valence-corrected chi connectivity index (χ3v) is 6.10. The first-order chi connectivity index (χ1) is 11.6. The van der Waals surface area contributed by atoms with Crippen molar-refractivity contribution in [3.63, 3.8) is 0 Å². The first-order valence-electron chi connectivity index (χ1n) is 8.12. The predicted octanol–water partition coefficient (Wildman–Crippen LogP) is 1.64. The number of carbonyl (C=O) groups is 2. The van der Waals surface area contributed by atoms with Crippen molar-refractivity contribution in [2.45, 2.75) is 24.3 Å². The van der Waals surface area contributed by atoms with Gasteiger partial charge in [0.05, 0.1) is 0 Å². The fourth-order valence-corrected chi connectivity index (χ4v) is 4.68. The molecule has 3 atom stereocenters. The summed E-state index contributed by atoms with van der Waals surface area (Å²) >= 11 is 1.57. The highest BCUT2D eigenvalue weighted by Gasteiger charge is 2.49. The zero-order valence-electron chi connectivity index (χ0n) is 13.1. The van der Waals surface area contributed by atoms with Gasteiger partial charge in [0, 0.05) is 11.7 Å². The summed E-state index contributed by atoms with van der Waals surface area (Å²) in [5.74, 6) is 1.55. The van der Waals surface area contributed by atoms with E-state index in [1.54, 1.807) is 11.8 Å². The Labute approximate surface area is 143 Å². The Morgan fingerprint density at radius 3 is 2.75 bits per heavy atom. The van der Waals surface area contributed by atoms with Crippen LogP contribution in [-0.4, -0.2) is 47.2 Å². The van der Waals surface area contributed by atoms with Crippen LogP contribution in [0.3, 0.4) is 0 Å². The van der Waals surface area contributed by atoms with E-state index in [1.165, 1.54) is 0 Å². The van der Waals surface area contributed by atoms with Crippen LogP contribution < -0.4 is 14.8 Å². The van der Waals surface area contributed by atoms with E-state index in [0.717, 1.165) is 29.2 Å². The molecule has 3 aliphatic rings. The molecule has 4 rings (SSSR count). The normalized spacial score (nSPS) is 30.7. The average Bonchev–Trinajstić information content (AvgIpc) is 3.26. The van der Waals surface area contributed by atoms with Gasteiger partial charge in [-0.25, -0.2) is 4.79 Å². The Hall–Kier alpha value is -1.89. The lowest BCUT2D eigenvalue weighted by Crippen LogP contribution is -2.55. The number of hydrogen-bond donors (Lipinski definition) is 2. The summed E-state index contributed by atoms with van der Waals surface area (Å²) in [5.41, 5.74) is -0.0496. The number of nitrogens with one attached hydrogen (secondary N) is 1. The molecule has 24 heavy (non-hydrogen) atoms. The van der Waals surface area contributed by atoms with Gasteiger partial charge in [0.2, 0.25) is 5.91 Å². The van der Waals surface area contributed by atoms with Gasteiger partial charge in [0.1, 0.15) is 18.8 Å². The number of benzene rings is 1. The zero-order chi connectivity index (χ0) is 16.7. The van der Waals surface area contributed by atoms with Gasteiger partial charge in [0.25, 0.3) is 0 Å². The summed E-state index contributed by atoms with van der Waals surface area (Å²) < 4.78 is 11.1. The SMILES string of the molecule is O=C(NC1(C(=O)O)CCSC1)C1CC1c1ccc2c(c1)OCCO2. The molecule has 6 nitrogen and oxygen atoms in total. The van der Waals surface area contributed by atoms with Crippen molar-refractivity contribution in [2.24, 2.45) is 5.92 Å². The maximum absolute atomic E-state index is 12.5. The molecule has 1 aliphatic carbocycles. The van der Waals surface area contributed by atoms with Gasteiger partial charge in [0.15, 0.2) is 11.5 Å². The smallest absolute Gasteiger partial charge is 0.330 e. The number of carboxylic acids is 1. The summed E-state index contributed by atoms with van der Waals surface area (Å²) in [6, 6.07) is 5.78. The van der Waals surface area contributed by atoms with Crippen LogP contribution in [0.15, 0.2) is 18.2 Å². The van der Waals surface area contributed by atoms with Crippen molar-refractivity contribution < 1.29 is 24.2 Å². The lowest BCUT2D eigenvalue weighted by Gasteiger charge is -2.24. The van der Waals surface area contributed by atoms with Crippen molar-refractivity contribution in [1.29, 1.82) is 0 Å². The van der Waals surface area contributed by atoms with Crippen LogP contribution in [0.2, 0.25) is 0 Å². The Balaban J connectivity index is 1.44. The van der Waals surface area contributed by atoms with Crippen molar-refractivity contribution >= 4 is 23.6 Å². The summed E-state index contributed by atoms with van der Waals surface area (Å²) in [6.45, 7) is 1.08. The predicted molar refractivity (Wildman–Crippen MR) is 88.7 cm³/mol. The number of carboxylic acid groups (broad SMARTS) is 1. The monoisotopic (exact) mass is 349 g/mol. The van der Waals surface area contributed by atoms with Gasteiger partial charge < -0.3 is 19.9 Å². The van der Waals surface area contributed by atoms with Crippen LogP contribution in [-0.2, 0) is 9.59 Å². The third-order valence-electron chi connectivity index (χ3n) is 4.92. The second-order valence-electron chi connectivity index (χ2n) is 6.53. The Morgan fingerprint density at radius 1 is 1.25 bits per heavy atom. The highest BCUT2D eigenvalue weighted by molar-refractivity contribution is 7.99. The molecule has 3 unspecified atom stereocenters. The van der Waals surface area contributed by atoms with E-state index in [-0.39, 0.29) is 17.7 Å². The average molecular weight is 349 g/mol. The van der Waals surface area contributed by atoms with E-state index >= 15 is 0 Å². The van der Waals surface area contributed by atoms with Crippen LogP contribution >= 0.6 is 11.8 Å². The van der Waals surface area contributed by atoms with Gasteiger partial charge in [-0.3, -0.25) is 4.79 Å². The van der Waals surface area contributed by atoms with Crippen molar-refractivity contribution in [1.82, 2.24) is 5.32 Å².